The minimum absolute atomic E-state index is 0.0925. The molecule has 1 fully saturated rings. The van der Waals surface area contributed by atoms with Crippen LogP contribution in [0.2, 0.25) is 0 Å². The van der Waals surface area contributed by atoms with E-state index < -0.39 is 0 Å². The summed E-state index contributed by atoms with van der Waals surface area (Å²) in [5.74, 6) is 0. The molecule has 1 heterocycles. The van der Waals surface area contributed by atoms with Crippen molar-refractivity contribution in [2.45, 2.75) is 59.5 Å². The smallest absolute Gasteiger partial charge is 0.0700 e. The molecule has 4 nitrogen and oxygen atoms in total. The molecule has 3 atom stereocenters. The van der Waals surface area contributed by atoms with E-state index >= 15 is 0 Å². The van der Waals surface area contributed by atoms with Crippen molar-refractivity contribution in [2.24, 2.45) is 5.41 Å². The maximum Gasteiger partial charge on any atom is 0.0700 e. The van der Waals surface area contributed by atoms with Crippen molar-refractivity contribution in [3.63, 3.8) is 0 Å². The zero-order chi connectivity index (χ0) is 20.0. The molecule has 2 N–H and O–H groups in total. The summed E-state index contributed by atoms with van der Waals surface area (Å²) in [6.45, 7) is 8.43. The molecular formula is C22H33N2O2P. The highest BCUT2D eigenvalue weighted by molar-refractivity contribution is 7.27. The Morgan fingerprint density at radius 1 is 1.26 bits per heavy atom. The van der Waals surface area contributed by atoms with Gasteiger partial charge in [0.05, 0.1) is 23.7 Å². The van der Waals surface area contributed by atoms with Gasteiger partial charge in [-0.05, 0) is 54.8 Å². The molecule has 0 saturated heterocycles. The summed E-state index contributed by atoms with van der Waals surface area (Å²) >= 11 is 0. The summed E-state index contributed by atoms with van der Waals surface area (Å²) in [6, 6.07) is 8.33. The van der Waals surface area contributed by atoms with Gasteiger partial charge < -0.3 is 10.2 Å². The fourth-order valence-electron chi connectivity index (χ4n) is 3.64. The molecule has 4 rings (SSSR count). The lowest BCUT2D eigenvalue weighted by Gasteiger charge is -2.33. The SMILES string of the molecule is CC.CC12Cc3cnn(-c4ccc(P)cc4)c3C=C1CCC2O.CCCO. The Kier molecular flexibility index (Phi) is 7.79. The topological polar surface area (TPSA) is 58.3 Å². The first-order chi connectivity index (χ1) is 13.0. The molecule has 0 bridgehead atoms. The second-order valence-electron chi connectivity index (χ2n) is 7.10. The van der Waals surface area contributed by atoms with Crippen LogP contribution in [0.1, 0.15) is 58.2 Å². The first-order valence-corrected chi connectivity index (χ1v) is 10.5. The molecular weight excluding hydrogens is 355 g/mol. The molecule has 0 spiro atoms. The normalized spacial score (nSPS) is 22.5. The van der Waals surface area contributed by atoms with Gasteiger partial charge in [-0.1, -0.05) is 45.4 Å². The van der Waals surface area contributed by atoms with Crippen LogP contribution in [0.5, 0.6) is 0 Å². The van der Waals surface area contributed by atoms with Crippen LogP contribution in [0.25, 0.3) is 11.8 Å². The average Bonchev–Trinajstić information content (AvgIpc) is 3.22. The van der Waals surface area contributed by atoms with Crippen molar-refractivity contribution >= 4 is 20.6 Å². The summed E-state index contributed by atoms with van der Waals surface area (Å²) in [5, 5.41) is 23.9. The minimum atomic E-state index is -0.225. The van der Waals surface area contributed by atoms with Gasteiger partial charge in [-0.15, -0.1) is 9.24 Å². The first-order valence-electron chi connectivity index (χ1n) is 9.92. The van der Waals surface area contributed by atoms with Gasteiger partial charge in [0.25, 0.3) is 0 Å². The van der Waals surface area contributed by atoms with Gasteiger partial charge in [0.1, 0.15) is 0 Å². The van der Waals surface area contributed by atoms with E-state index in [1.165, 1.54) is 22.1 Å². The summed E-state index contributed by atoms with van der Waals surface area (Å²) in [4.78, 5) is 0. The van der Waals surface area contributed by atoms with Crippen LogP contribution in [0.3, 0.4) is 0 Å². The molecule has 0 amide bonds. The number of benzene rings is 1. The molecule has 5 heteroatoms. The molecule has 0 radical (unpaired) electrons. The second-order valence-corrected chi connectivity index (χ2v) is 7.77. The van der Waals surface area contributed by atoms with Gasteiger partial charge in [0.15, 0.2) is 0 Å². The number of hydrogen-bond acceptors (Lipinski definition) is 3. The van der Waals surface area contributed by atoms with E-state index in [0.29, 0.717) is 6.61 Å². The zero-order valence-corrected chi connectivity index (χ0v) is 18.1. The highest BCUT2D eigenvalue weighted by atomic mass is 31.0. The molecule has 3 unspecified atom stereocenters. The number of aliphatic hydroxyl groups is 2. The molecule has 2 aromatic rings. The molecule has 27 heavy (non-hydrogen) atoms. The molecule has 1 aromatic heterocycles. The van der Waals surface area contributed by atoms with Crippen LogP contribution < -0.4 is 5.30 Å². The Labute approximate surface area is 165 Å². The molecule has 1 saturated carbocycles. The first kappa shape index (κ1) is 21.8. The molecule has 0 aliphatic heterocycles. The van der Waals surface area contributed by atoms with Crippen LogP contribution >= 0.6 is 9.24 Å². The van der Waals surface area contributed by atoms with Crippen molar-refractivity contribution in [3.05, 3.63) is 47.3 Å². The van der Waals surface area contributed by atoms with Gasteiger partial charge in [-0.2, -0.15) is 5.10 Å². The monoisotopic (exact) mass is 388 g/mol. The van der Waals surface area contributed by atoms with E-state index in [9.17, 15) is 5.11 Å². The quantitative estimate of drug-likeness (QED) is 0.768. The summed E-state index contributed by atoms with van der Waals surface area (Å²) < 4.78 is 2.01. The predicted molar refractivity (Wildman–Crippen MR) is 117 cm³/mol. The van der Waals surface area contributed by atoms with E-state index in [-0.39, 0.29) is 11.5 Å². The van der Waals surface area contributed by atoms with Crippen LogP contribution in [0.15, 0.2) is 36.0 Å². The average molecular weight is 388 g/mol. The van der Waals surface area contributed by atoms with E-state index in [0.717, 1.165) is 31.4 Å². The Hall–Kier alpha value is -1.48. The van der Waals surface area contributed by atoms with Crippen molar-refractivity contribution in [1.82, 2.24) is 9.78 Å². The summed E-state index contributed by atoms with van der Waals surface area (Å²) in [6.07, 6.45) is 7.60. The van der Waals surface area contributed by atoms with Crippen molar-refractivity contribution in [1.29, 1.82) is 0 Å². The number of rotatable bonds is 2. The Balaban J connectivity index is 0.000000389. The number of fused-ring (bicyclic) bond motifs is 2. The fourth-order valence-corrected chi connectivity index (χ4v) is 3.83. The molecule has 148 valence electrons. The van der Waals surface area contributed by atoms with Gasteiger partial charge in [0.2, 0.25) is 0 Å². The van der Waals surface area contributed by atoms with Crippen LogP contribution in [0, 0.1) is 5.41 Å². The lowest BCUT2D eigenvalue weighted by atomic mass is 9.74. The van der Waals surface area contributed by atoms with Gasteiger partial charge in [0, 0.05) is 12.0 Å². The van der Waals surface area contributed by atoms with Crippen molar-refractivity contribution in [3.8, 4) is 5.69 Å². The van der Waals surface area contributed by atoms with E-state index in [1.54, 1.807) is 0 Å². The van der Waals surface area contributed by atoms with Crippen molar-refractivity contribution < 1.29 is 10.2 Å². The Morgan fingerprint density at radius 3 is 2.48 bits per heavy atom. The highest BCUT2D eigenvalue weighted by Crippen LogP contribution is 2.49. The minimum Gasteiger partial charge on any atom is -0.396 e. The molecule has 2 aliphatic carbocycles. The van der Waals surface area contributed by atoms with Crippen LogP contribution in [-0.4, -0.2) is 32.7 Å². The third kappa shape index (κ3) is 4.51. The number of aromatic nitrogens is 2. The van der Waals surface area contributed by atoms with Gasteiger partial charge in [-0.25, -0.2) is 4.68 Å². The third-order valence-corrected chi connectivity index (χ3v) is 5.66. The van der Waals surface area contributed by atoms with Crippen LogP contribution in [0.4, 0.5) is 0 Å². The van der Waals surface area contributed by atoms with E-state index in [2.05, 4.69) is 51.6 Å². The third-order valence-electron chi connectivity index (χ3n) is 5.27. The Morgan fingerprint density at radius 2 is 1.89 bits per heavy atom. The molecule has 1 aromatic carbocycles. The zero-order valence-electron chi connectivity index (χ0n) is 16.9. The Bertz CT molecular complexity index is 765. The van der Waals surface area contributed by atoms with Crippen molar-refractivity contribution in [2.75, 3.05) is 6.61 Å². The lowest BCUT2D eigenvalue weighted by molar-refractivity contribution is 0.0836. The highest BCUT2D eigenvalue weighted by Gasteiger charge is 2.44. The summed E-state index contributed by atoms with van der Waals surface area (Å²) in [7, 11) is 2.70. The number of aliphatic hydroxyl groups excluding tert-OH is 2. The van der Waals surface area contributed by atoms with Gasteiger partial charge >= 0.3 is 0 Å². The summed E-state index contributed by atoms with van der Waals surface area (Å²) in [5.41, 5.74) is 4.77. The maximum absolute atomic E-state index is 10.3. The molecule has 2 aliphatic rings. The van der Waals surface area contributed by atoms with E-state index in [4.69, 9.17) is 5.11 Å². The second kappa shape index (κ2) is 9.64. The number of hydrogen-bond donors (Lipinski definition) is 2. The fraction of sp³-hybridized carbons (Fsp3) is 0.500. The van der Waals surface area contributed by atoms with E-state index in [1.807, 2.05) is 31.6 Å². The lowest BCUT2D eigenvalue weighted by Crippen LogP contribution is -2.32. The standard InChI is InChI=1S/C17H19N2OP.C3H8O.C2H6/c1-17-9-11-10-18-19(13-3-5-14(21)6-4-13)15(11)8-12(17)2-7-16(17)20;1-2-3-4;1-2/h3-6,8,10,16,20H,2,7,9,21H2,1H3;4H,2-3H2,1H3;1-2H3. The van der Waals surface area contributed by atoms with Crippen LogP contribution in [-0.2, 0) is 6.42 Å². The largest absolute Gasteiger partial charge is 0.396 e. The maximum atomic E-state index is 10.3. The predicted octanol–water partition coefficient (Wildman–Crippen LogP) is 3.89. The number of nitrogens with zero attached hydrogens (tertiary/aromatic N) is 2. The van der Waals surface area contributed by atoms with Gasteiger partial charge in [-0.3, -0.25) is 0 Å².